The molecule has 1 aliphatic heterocycles. The van der Waals surface area contributed by atoms with Crippen LogP contribution in [0.2, 0.25) is 0 Å². The van der Waals surface area contributed by atoms with E-state index in [1.807, 2.05) is 40.5 Å². The number of carbonyl (C=O) groups excluding carboxylic acids is 1. The Morgan fingerprint density at radius 3 is 2.69 bits per heavy atom. The van der Waals surface area contributed by atoms with E-state index in [-0.39, 0.29) is 12.1 Å². The topological polar surface area (TPSA) is 37.3 Å². The highest BCUT2D eigenvalue weighted by molar-refractivity contribution is 7.15. The van der Waals surface area contributed by atoms with Crippen molar-refractivity contribution in [1.82, 2.24) is 9.47 Å². The summed E-state index contributed by atoms with van der Waals surface area (Å²) in [6, 6.07) is 16.4. The van der Waals surface area contributed by atoms with Crippen LogP contribution in [0.5, 0.6) is 0 Å². The maximum absolute atomic E-state index is 13.8. The Balaban J connectivity index is 1.48. The third-order valence-electron chi connectivity index (χ3n) is 6.56. The van der Waals surface area contributed by atoms with Gasteiger partial charge in [0.2, 0.25) is 0 Å². The van der Waals surface area contributed by atoms with Crippen molar-refractivity contribution < 1.29 is 4.79 Å². The standard InChI is InChI=1S/C26H25N3OS2/c1-17-10-12-18(13-11-17)27-26(30)29-16-20-19-6-2-3-8-22(19)32-25(20)28-14-4-7-21(28)24(29)23-9-5-15-31-23/h4-5,7,9-15,24H,2-3,6,8,16H2,1H3,(H,27,30)/t24-/m1/s1. The first-order chi connectivity index (χ1) is 15.7. The van der Waals surface area contributed by atoms with Gasteiger partial charge in [-0.1, -0.05) is 23.8 Å². The zero-order valence-corrected chi connectivity index (χ0v) is 19.6. The fourth-order valence-corrected chi connectivity index (χ4v) is 7.22. The fourth-order valence-electron chi connectivity index (χ4n) is 4.97. The number of benzene rings is 1. The van der Waals surface area contributed by atoms with Crippen molar-refractivity contribution in [2.45, 2.75) is 45.2 Å². The van der Waals surface area contributed by atoms with Crippen molar-refractivity contribution in [3.05, 3.63) is 92.2 Å². The molecule has 0 radical (unpaired) electrons. The minimum absolute atomic E-state index is 0.0522. The van der Waals surface area contributed by atoms with Gasteiger partial charge < -0.3 is 14.8 Å². The van der Waals surface area contributed by atoms with Gasteiger partial charge in [-0.05, 0) is 73.9 Å². The van der Waals surface area contributed by atoms with Gasteiger partial charge in [-0.15, -0.1) is 22.7 Å². The third-order valence-corrected chi connectivity index (χ3v) is 8.81. The molecule has 4 nitrogen and oxygen atoms in total. The van der Waals surface area contributed by atoms with Crippen molar-refractivity contribution in [3.63, 3.8) is 0 Å². The molecule has 4 aromatic rings. The molecule has 0 bridgehead atoms. The lowest BCUT2D eigenvalue weighted by Gasteiger charge is -2.30. The number of carbonyl (C=O) groups is 1. The number of aryl methyl sites for hydroxylation is 2. The summed E-state index contributed by atoms with van der Waals surface area (Å²) < 4.78 is 2.34. The number of hydrogen-bond donors (Lipinski definition) is 1. The molecule has 0 unspecified atom stereocenters. The largest absolute Gasteiger partial charge is 0.323 e. The molecule has 1 aliphatic carbocycles. The van der Waals surface area contributed by atoms with Gasteiger partial charge >= 0.3 is 6.03 Å². The number of urea groups is 1. The van der Waals surface area contributed by atoms with E-state index in [9.17, 15) is 4.79 Å². The van der Waals surface area contributed by atoms with E-state index in [0.717, 1.165) is 24.2 Å². The minimum atomic E-state index is -0.116. The summed E-state index contributed by atoms with van der Waals surface area (Å²) in [6.07, 6.45) is 6.94. The molecule has 6 heteroatoms. The summed E-state index contributed by atoms with van der Waals surface area (Å²) >= 11 is 3.64. The van der Waals surface area contributed by atoms with Gasteiger partial charge in [0.05, 0.1) is 12.2 Å². The van der Waals surface area contributed by atoms with Crippen LogP contribution in [0.15, 0.2) is 60.1 Å². The Labute approximate surface area is 196 Å². The summed E-state index contributed by atoms with van der Waals surface area (Å²) in [7, 11) is 0. The van der Waals surface area contributed by atoms with Crippen LogP contribution in [-0.4, -0.2) is 15.5 Å². The summed E-state index contributed by atoms with van der Waals surface area (Å²) in [5.74, 6) is 0. The molecule has 6 rings (SSSR count). The van der Waals surface area contributed by atoms with E-state index in [1.165, 1.54) is 44.3 Å². The lowest BCUT2D eigenvalue weighted by Crippen LogP contribution is -2.37. The highest BCUT2D eigenvalue weighted by Gasteiger charge is 2.36. The van der Waals surface area contributed by atoms with Crippen LogP contribution in [0.1, 0.15) is 51.0 Å². The number of thiophene rings is 2. The molecule has 0 saturated heterocycles. The average molecular weight is 460 g/mol. The van der Waals surface area contributed by atoms with E-state index in [1.54, 1.807) is 11.3 Å². The van der Waals surface area contributed by atoms with E-state index in [4.69, 9.17) is 0 Å². The van der Waals surface area contributed by atoms with Crippen LogP contribution < -0.4 is 5.32 Å². The summed E-state index contributed by atoms with van der Waals surface area (Å²) in [5.41, 5.74) is 5.99. The van der Waals surface area contributed by atoms with Gasteiger partial charge in [0, 0.05) is 27.2 Å². The monoisotopic (exact) mass is 459 g/mol. The summed E-state index contributed by atoms with van der Waals surface area (Å²) in [5, 5.41) is 6.56. The zero-order valence-electron chi connectivity index (χ0n) is 18.0. The van der Waals surface area contributed by atoms with E-state index < -0.39 is 0 Å². The van der Waals surface area contributed by atoms with Gasteiger partial charge in [-0.2, -0.15) is 0 Å². The molecule has 0 saturated carbocycles. The summed E-state index contributed by atoms with van der Waals surface area (Å²) in [4.78, 5) is 18.5. The van der Waals surface area contributed by atoms with Gasteiger partial charge in [-0.25, -0.2) is 4.79 Å². The number of fused-ring (bicyclic) bond motifs is 5. The lowest BCUT2D eigenvalue weighted by molar-refractivity contribution is 0.195. The number of aromatic nitrogens is 1. The minimum Gasteiger partial charge on any atom is -0.310 e. The smallest absolute Gasteiger partial charge is 0.310 e. The Kier molecular flexibility index (Phi) is 4.92. The normalized spacial score (nSPS) is 17.3. The molecule has 0 fully saturated rings. The van der Waals surface area contributed by atoms with Crippen molar-refractivity contribution in [2.24, 2.45) is 0 Å². The van der Waals surface area contributed by atoms with E-state index in [2.05, 4.69) is 52.7 Å². The molecule has 32 heavy (non-hydrogen) atoms. The average Bonchev–Trinajstić information content (AvgIpc) is 3.55. The van der Waals surface area contributed by atoms with E-state index >= 15 is 0 Å². The molecule has 1 atom stereocenters. The predicted octanol–water partition coefficient (Wildman–Crippen LogP) is 6.92. The van der Waals surface area contributed by atoms with Gasteiger partial charge in [0.1, 0.15) is 11.0 Å². The van der Waals surface area contributed by atoms with Crippen LogP contribution in [0.3, 0.4) is 0 Å². The van der Waals surface area contributed by atoms with Crippen molar-refractivity contribution in [3.8, 4) is 5.00 Å². The zero-order chi connectivity index (χ0) is 21.7. The molecule has 4 heterocycles. The molecule has 0 spiro atoms. The summed E-state index contributed by atoms with van der Waals surface area (Å²) in [6.45, 7) is 2.69. The van der Waals surface area contributed by atoms with Crippen molar-refractivity contribution >= 4 is 34.4 Å². The second-order valence-electron chi connectivity index (χ2n) is 8.64. The Morgan fingerprint density at radius 1 is 1.03 bits per heavy atom. The first-order valence-electron chi connectivity index (χ1n) is 11.2. The third kappa shape index (κ3) is 3.29. The second kappa shape index (κ2) is 7.94. The Bertz CT molecular complexity index is 1270. The number of nitrogens with zero attached hydrogens (tertiary/aromatic N) is 2. The van der Waals surface area contributed by atoms with Crippen LogP contribution in [0, 0.1) is 6.92 Å². The predicted molar refractivity (Wildman–Crippen MR) is 132 cm³/mol. The Hall–Kier alpha value is -2.83. The molecule has 1 aromatic carbocycles. The number of hydrogen-bond acceptors (Lipinski definition) is 3. The van der Waals surface area contributed by atoms with Crippen LogP contribution >= 0.6 is 22.7 Å². The maximum atomic E-state index is 13.8. The molecule has 162 valence electrons. The van der Waals surface area contributed by atoms with Crippen LogP contribution in [0.4, 0.5) is 10.5 Å². The van der Waals surface area contributed by atoms with Crippen molar-refractivity contribution in [2.75, 3.05) is 5.32 Å². The van der Waals surface area contributed by atoms with Gasteiger partial charge in [0.15, 0.2) is 0 Å². The second-order valence-corrected chi connectivity index (χ2v) is 10.7. The van der Waals surface area contributed by atoms with Gasteiger partial charge in [0.25, 0.3) is 0 Å². The highest BCUT2D eigenvalue weighted by atomic mass is 32.1. The molecular formula is C26H25N3OS2. The SMILES string of the molecule is Cc1ccc(NC(=O)N2Cc3c(sc4c3CCCC4)-n3cccc3[C@@H]2c2cccs2)cc1. The number of nitrogens with one attached hydrogen (secondary N) is 1. The number of anilines is 1. The quantitative estimate of drug-likeness (QED) is 0.347. The lowest BCUT2D eigenvalue weighted by atomic mass is 9.95. The number of amides is 2. The number of rotatable bonds is 2. The fraction of sp³-hybridized carbons (Fsp3) is 0.269. The molecule has 2 amide bonds. The highest BCUT2D eigenvalue weighted by Crippen LogP contribution is 2.44. The van der Waals surface area contributed by atoms with Crippen molar-refractivity contribution in [1.29, 1.82) is 0 Å². The first-order valence-corrected chi connectivity index (χ1v) is 12.9. The molecule has 2 aliphatic rings. The Morgan fingerprint density at radius 2 is 1.88 bits per heavy atom. The molecule has 1 N–H and O–H groups in total. The van der Waals surface area contributed by atoms with Gasteiger partial charge in [-0.3, -0.25) is 0 Å². The molecule has 3 aromatic heterocycles. The maximum Gasteiger partial charge on any atom is 0.323 e. The van der Waals surface area contributed by atoms with E-state index in [0.29, 0.717) is 6.54 Å². The van der Waals surface area contributed by atoms with Crippen LogP contribution in [-0.2, 0) is 19.4 Å². The van der Waals surface area contributed by atoms with Crippen LogP contribution in [0.25, 0.3) is 5.00 Å². The first kappa shape index (κ1) is 19.8. The molecular weight excluding hydrogens is 434 g/mol.